The molecule has 10 atom stereocenters. The fraction of sp³-hybridized carbons (Fsp3) is 0.441. The Morgan fingerprint density at radius 3 is 1.88 bits per heavy atom. The first-order valence-corrected chi connectivity index (χ1v) is 30.7. The van der Waals surface area contributed by atoms with E-state index in [-0.39, 0.29) is 79.9 Å². The lowest BCUT2D eigenvalue weighted by Crippen LogP contribution is -2.62. The van der Waals surface area contributed by atoms with Gasteiger partial charge in [-0.25, -0.2) is 0 Å². The maximum atomic E-state index is 15.0. The summed E-state index contributed by atoms with van der Waals surface area (Å²) in [5.74, 6) is -8.48. The molecular weight excluding hydrogens is 1140 g/mol. The van der Waals surface area contributed by atoms with Gasteiger partial charge < -0.3 is 69.7 Å². The van der Waals surface area contributed by atoms with Crippen LogP contribution in [0.15, 0.2) is 97.1 Å². The molecule has 84 heavy (non-hydrogen) atoms. The van der Waals surface area contributed by atoms with Gasteiger partial charge in [0.15, 0.2) is 11.6 Å². The first-order valence-electron chi connectivity index (χ1n) is 27.8. The molecule has 0 bridgehead atoms. The Kier molecular flexibility index (Phi) is 25.8. The number of Topliss-reactive ketones (excluding diaryl/α,β-unsaturated/α-hetero) is 2. The van der Waals surface area contributed by atoms with Crippen LogP contribution >= 0.6 is 33.2 Å². The van der Waals surface area contributed by atoms with Gasteiger partial charge in [0.2, 0.25) is 41.4 Å². The Hall–Kier alpha value is -7.06. The average molecular weight is 1220 g/mol. The molecule has 2 saturated heterocycles. The van der Waals surface area contributed by atoms with Crippen molar-refractivity contribution in [1.82, 2.24) is 37.2 Å². The minimum atomic E-state index is -1.74. The number of ketones is 2. The van der Waals surface area contributed by atoms with Gasteiger partial charge in [-0.3, -0.25) is 43.2 Å². The van der Waals surface area contributed by atoms with Gasteiger partial charge in [0.05, 0.1) is 24.2 Å². The SMILES string of the molecule is C[C@@H](O)[C@@H]1NC(=O)[C@H](CCCCN)NC(=O)[C@@H](Cc2ccc(CC(=O)[C@@H]3CCCN3)cc2)NC(=O)[C@H](Cc2ccc(O)cc2)CC(=O)[C@H](NC(=O)[C@@H](N)Cc2ccc(Cl)cc2)CSSC[C@@H](C(=O)N[C@H](Cc2ccc(O)cc2)C(N)=O)NC1=O. The van der Waals surface area contributed by atoms with Crippen LogP contribution in [0.5, 0.6) is 11.5 Å². The number of halogens is 1. The molecule has 0 aliphatic carbocycles. The molecule has 6 rings (SSSR count). The van der Waals surface area contributed by atoms with E-state index in [9.17, 15) is 58.5 Å². The highest BCUT2D eigenvalue weighted by molar-refractivity contribution is 8.76. The largest absolute Gasteiger partial charge is 0.508 e. The lowest BCUT2D eigenvalue weighted by Gasteiger charge is -2.29. The van der Waals surface area contributed by atoms with E-state index in [1.807, 2.05) is 0 Å². The van der Waals surface area contributed by atoms with Crippen LogP contribution in [0.4, 0.5) is 0 Å². The van der Waals surface area contributed by atoms with Crippen molar-refractivity contribution < 1.29 is 58.5 Å². The van der Waals surface area contributed by atoms with Crippen LogP contribution in [-0.2, 0) is 75.3 Å². The summed E-state index contributed by atoms with van der Waals surface area (Å²) in [5.41, 5.74) is 21.0. The maximum Gasteiger partial charge on any atom is 0.245 e. The second-order valence-corrected chi connectivity index (χ2v) is 24.1. The lowest BCUT2D eigenvalue weighted by molar-refractivity contribution is -0.137. The normalized spacial score (nSPS) is 22.4. The van der Waals surface area contributed by atoms with E-state index < -0.39 is 108 Å². The quantitative estimate of drug-likeness (QED) is 0.0410. The minimum absolute atomic E-state index is 0.0228. The number of hydrogen-bond donors (Lipinski definition) is 13. The van der Waals surface area contributed by atoms with Crippen molar-refractivity contribution in [2.24, 2.45) is 23.1 Å². The number of carbonyl (C=O) groups is 9. The Bertz CT molecular complexity index is 2900. The van der Waals surface area contributed by atoms with E-state index in [1.165, 1.54) is 43.3 Å². The molecule has 2 heterocycles. The molecule has 2 aliphatic heterocycles. The Morgan fingerprint density at radius 1 is 0.690 bits per heavy atom. The molecule has 2 fully saturated rings. The van der Waals surface area contributed by atoms with Crippen LogP contribution in [0, 0.1) is 5.92 Å². The van der Waals surface area contributed by atoms with E-state index >= 15 is 0 Å². The number of phenols is 2. The van der Waals surface area contributed by atoms with Crippen LogP contribution in [0.1, 0.15) is 73.3 Å². The summed E-state index contributed by atoms with van der Waals surface area (Å²) in [7, 11) is 2.00. The fourth-order valence-corrected chi connectivity index (χ4v) is 12.1. The summed E-state index contributed by atoms with van der Waals surface area (Å²) in [6.07, 6.45) is 0.0690. The number of phenolic OH excluding ortho intramolecular Hbond substituents is 2. The predicted octanol–water partition coefficient (Wildman–Crippen LogP) is 1.09. The third kappa shape index (κ3) is 20.9. The molecule has 0 spiro atoms. The number of aliphatic hydroxyl groups excluding tert-OH is 1. The monoisotopic (exact) mass is 1210 g/mol. The number of carbonyl (C=O) groups excluding carboxylic acids is 9. The molecule has 452 valence electrons. The molecule has 0 unspecified atom stereocenters. The molecule has 0 saturated carbocycles. The molecule has 4 aromatic carbocycles. The third-order valence-electron chi connectivity index (χ3n) is 14.4. The standard InChI is InChI=1S/C59H75ClN10O12S2/c1-33(71)52-59(82)69-49(58(81)66-46(53(63)76)27-37-15-21-42(73)22-16-37)32-84-83-31-48(68-55(78)43(62)26-35-11-17-40(60)18-12-35)51(75)30-39(25-34-13-19-41(72)20-14-34)54(77)67-47(57(80)65-45(56(79)70-52)5-2-3-23-61)28-36-7-9-38(10-8-36)29-50(74)44-6-4-24-64-44/h7-22,33,39,43-49,52,64,71-73H,2-6,23-32,61-62H2,1H3,(H2,63,76)(H,65,80)(H,66,81)(H,67,77)(H,68,78)(H,69,82)(H,70,79)/t33-,39-,43+,44+,45+,46-,47-,48-,49+,52+/m1/s1. The van der Waals surface area contributed by atoms with Gasteiger partial charge in [0, 0.05) is 48.1 Å². The van der Waals surface area contributed by atoms with Crippen molar-refractivity contribution in [3.8, 4) is 11.5 Å². The number of nitrogens with two attached hydrogens (primary N) is 3. The van der Waals surface area contributed by atoms with Gasteiger partial charge >= 0.3 is 0 Å². The highest BCUT2D eigenvalue weighted by Gasteiger charge is 2.37. The maximum absolute atomic E-state index is 15.0. The molecule has 7 amide bonds. The van der Waals surface area contributed by atoms with Crippen LogP contribution < -0.4 is 54.4 Å². The topological polar surface area (TPSA) is 377 Å². The Morgan fingerprint density at radius 2 is 1.26 bits per heavy atom. The number of aliphatic hydroxyl groups is 1. The van der Waals surface area contributed by atoms with Gasteiger partial charge in [-0.2, -0.15) is 0 Å². The van der Waals surface area contributed by atoms with Gasteiger partial charge in [-0.15, -0.1) is 0 Å². The van der Waals surface area contributed by atoms with Crippen LogP contribution in [0.3, 0.4) is 0 Å². The molecule has 0 radical (unpaired) electrons. The lowest BCUT2D eigenvalue weighted by atomic mass is 9.90. The summed E-state index contributed by atoms with van der Waals surface area (Å²) in [4.78, 5) is 128. The number of primary amides is 1. The van der Waals surface area contributed by atoms with Crippen LogP contribution in [0.2, 0.25) is 5.02 Å². The van der Waals surface area contributed by atoms with E-state index in [0.717, 1.165) is 46.5 Å². The summed E-state index contributed by atoms with van der Waals surface area (Å²) in [5, 5.41) is 50.8. The van der Waals surface area contributed by atoms with E-state index in [1.54, 1.807) is 60.7 Å². The van der Waals surface area contributed by atoms with Crippen molar-refractivity contribution in [2.45, 2.75) is 132 Å². The van der Waals surface area contributed by atoms with E-state index in [0.29, 0.717) is 40.1 Å². The van der Waals surface area contributed by atoms with Crippen molar-refractivity contribution in [3.05, 3.63) is 130 Å². The molecule has 16 N–H and O–H groups in total. The molecular formula is C59H75ClN10O12S2. The average Bonchev–Trinajstić information content (AvgIpc) is 4.17. The molecule has 25 heteroatoms. The zero-order valence-electron chi connectivity index (χ0n) is 46.6. The Balaban J connectivity index is 1.38. The highest BCUT2D eigenvalue weighted by atomic mass is 35.5. The number of nitrogens with one attached hydrogen (secondary N) is 7. The number of amides is 7. The molecule has 0 aromatic heterocycles. The summed E-state index contributed by atoms with van der Waals surface area (Å²) >= 11 is 6.10. The van der Waals surface area contributed by atoms with Gasteiger partial charge in [-0.1, -0.05) is 93.9 Å². The highest BCUT2D eigenvalue weighted by Crippen LogP contribution is 2.26. The summed E-state index contributed by atoms with van der Waals surface area (Å²) in [6.45, 7) is 2.21. The van der Waals surface area contributed by atoms with Crippen LogP contribution in [-0.4, -0.2) is 147 Å². The third-order valence-corrected chi connectivity index (χ3v) is 17.1. The van der Waals surface area contributed by atoms with Crippen LogP contribution in [0.25, 0.3) is 0 Å². The number of aromatic hydroxyl groups is 2. The zero-order chi connectivity index (χ0) is 60.9. The molecule has 4 aromatic rings. The number of rotatable bonds is 21. The fourth-order valence-electron chi connectivity index (χ4n) is 9.56. The summed E-state index contributed by atoms with van der Waals surface area (Å²) in [6, 6.07) is 15.2. The predicted molar refractivity (Wildman–Crippen MR) is 320 cm³/mol. The summed E-state index contributed by atoms with van der Waals surface area (Å²) < 4.78 is 0. The van der Waals surface area contributed by atoms with Gasteiger partial charge in [0.1, 0.15) is 41.7 Å². The Labute approximate surface area is 500 Å². The van der Waals surface area contributed by atoms with Crippen molar-refractivity contribution in [1.29, 1.82) is 0 Å². The first kappa shape index (κ1) is 66.1. The second kappa shape index (κ2) is 32.9. The number of benzene rings is 4. The smallest absolute Gasteiger partial charge is 0.245 e. The number of hydrogen-bond acceptors (Lipinski definition) is 17. The molecule has 22 nitrogen and oxygen atoms in total. The second-order valence-electron chi connectivity index (χ2n) is 21.1. The van der Waals surface area contributed by atoms with Crippen molar-refractivity contribution in [2.75, 3.05) is 24.6 Å². The van der Waals surface area contributed by atoms with Gasteiger partial charge in [-0.05, 0) is 129 Å². The van der Waals surface area contributed by atoms with E-state index in [4.69, 9.17) is 28.8 Å². The van der Waals surface area contributed by atoms with Crippen molar-refractivity contribution >= 4 is 86.1 Å². The first-order chi connectivity index (χ1) is 40.1. The minimum Gasteiger partial charge on any atom is -0.508 e. The van der Waals surface area contributed by atoms with Crippen molar-refractivity contribution in [3.63, 3.8) is 0 Å². The number of unbranched alkanes of at least 4 members (excludes halogenated alkanes) is 1. The van der Waals surface area contributed by atoms with E-state index in [2.05, 4.69) is 37.2 Å². The zero-order valence-corrected chi connectivity index (χ0v) is 48.9. The molecule has 2 aliphatic rings. The van der Waals surface area contributed by atoms with Gasteiger partial charge in [0.25, 0.3) is 0 Å².